The summed E-state index contributed by atoms with van der Waals surface area (Å²) in [5, 5.41) is 0. The van der Waals surface area contributed by atoms with Crippen molar-refractivity contribution in [2.24, 2.45) is 5.41 Å². The maximum absolute atomic E-state index is 13.3. The average molecular weight is 430 g/mol. The third kappa shape index (κ3) is 4.40. The van der Waals surface area contributed by atoms with Crippen LogP contribution in [-0.2, 0) is 21.4 Å². The Labute approximate surface area is 177 Å². The van der Waals surface area contributed by atoms with Crippen molar-refractivity contribution in [2.45, 2.75) is 31.2 Å². The van der Waals surface area contributed by atoms with E-state index in [0.717, 1.165) is 38.2 Å². The second-order valence-corrected chi connectivity index (χ2v) is 10.2. The number of ketones is 1. The molecule has 0 amide bonds. The minimum absolute atomic E-state index is 0.115. The molecule has 1 aromatic carbocycles. The molecule has 1 fully saturated rings. The number of carbonyl (C=O) groups is 1. The van der Waals surface area contributed by atoms with Gasteiger partial charge in [-0.25, -0.2) is 8.42 Å². The van der Waals surface area contributed by atoms with Crippen molar-refractivity contribution < 1.29 is 17.9 Å². The van der Waals surface area contributed by atoms with Crippen molar-refractivity contribution in [3.63, 3.8) is 0 Å². The quantitative estimate of drug-likeness (QED) is 0.742. The molecule has 3 heterocycles. The van der Waals surface area contributed by atoms with E-state index in [-0.39, 0.29) is 22.6 Å². The number of hydrogen-bond acceptors (Lipinski definition) is 6. The topological polar surface area (TPSA) is 79.8 Å². The molecule has 2 aliphatic rings. The summed E-state index contributed by atoms with van der Waals surface area (Å²) in [7, 11) is -3.81. The van der Waals surface area contributed by atoms with Gasteiger partial charge < -0.3 is 4.74 Å². The van der Waals surface area contributed by atoms with E-state index in [1.807, 2.05) is 18.2 Å². The lowest BCUT2D eigenvalue weighted by atomic mass is 9.78. The molecule has 1 spiro atoms. The number of para-hydroxylation sites is 1. The molecule has 0 atom stereocenters. The van der Waals surface area contributed by atoms with Crippen LogP contribution in [0.5, 0.6) is 5.75 Å². The van der Waals surface area contributed by atoms with Gasteiger partial charge in [-0.05, 0) is 57.1 Å². The lowest BCUT2D eigenvalue weighted by Crippen LogP contribution is -2.52. The van der Waals surface area contributed by atoms with Crippen LogP contribution >= 0.6 is 0 Å². The first-order chi connectivity index (χ1) is 14.4. The number of nitrogens with zero attached hydrogens (tertiary/aromatic N) is 3. The maximum atomic E-state index is 13.3. The number of piperidine rings is 1. The second kappa shape index (κ2) is 8.45. The molecule has 0 N–H and O–H groups in total. The average Bonchev–Trinajstić information content (AvgIpc) is 2.73. The minimum atomic E-state index is -3.81. The van der Waals surface area contributed by atoms with Gasteiger partial charge in [0.05, 0.1) is 18.8 Å². The standard InChI is InChI=1S/C22H27N3O4S/c1-18(26)14-25-16-22(17-29-20-7-2-3-8-21(20)30(25,27)28)9-12-24(13-10-22)15-19-6-4-5-11-23-19/h2-8,11H,9-10,12-17H2,1H3. The highest BCUT2D eigenvalue weighted by molar-refractivity contribution is 7.89. The number of benzene rings is 1. The molecule has 2 aromatic rings. The summed E-state index contributed by atoms with van der Waals surface area (Å²) in [4.78, 5) is 18.8. The van der Waals surface area contributed by atoms with E-state index in [2.05, 4.69) is 9.88 Å². The van der Waals surface area contributed by atoms with E-state index < -0.39 is 10.0 Å². The van der Waals surface area contributed by atoms with Crippen LogP contribution in [0, 0.1) is 5.41 Å². The van der Waals surface area contributed by atoms with Gasteiger partial charge in [0.1, 0.15) is 16.4 Å². The molecule has 0 aliphatic carbocycles. The number of aromatic nitrogens is 1. The summed E-state index contributed by atoms with van der Waals surface area (Å²) in [6.07, 6.45) is 3.39. The number of pyridine rings is 1. The molecular formula is C22H27N3O4S. The molecule has 30 heavy (non-hydrogen) atoms. The van der Waals surface area contributed by atoms with Crippen molar-refractivity contribution >= 4 is 15.8 Å². The first-order valence-electron chi connectivity index (χ1n) is 10.2. The van der Waals surface area contributed by atoms with Crippen LogP contribution in [0.25, 0.3) is 0 Å². The van der Waals surface area contributed by atoms with Gasteiger partial charge in [0.15, 0.2) is 0 Å². The number of rotatable bonds is 4. The smallest absolute Gasteiger partial charge is 0.247 e. The van der Waals surface area contributed by atoms with Crippen LogP contribution < -0.4 is 4.74 Å². The molecule has 4 rings (SSSR count). The predicted octanol–water partition coefficient (Wildman–Crippen LogP) is 2.34. The minimum Gasteiger partial charge on any atom is -0.492 e. The van der Waals surface area contributed by atoms with Gasteiger partial charge in [0.2, 0.25) is 10.0 Å². The predicted molar refractivity (Wildman–Crippen MR) is 113 cm³/mol. The van der Waals surface area contributed by atoms with Gasteiger partial charge in [-0.2, -0.15) is 4.31 Å². The fourth-order valence-electron chi connectivity index (χ4n) is 4.26. The Morgan fingerprint density at radius 1 is 1.13 bits per heavy atom. The SMILES string of the molecule is CC(=O)CN1CC2(CCN(Cc3ccccn3)CC2)COc2ccccc2S1(=O)=O. The summed E-state index contributed by atoms with van der Waals surface area (Å²) < 4.78 is 34.0. The van der Waals surface area contributed by atoms with Crippen molar-refractivity contribution in [3.05, 3.63) is 54.4 Å². The second-order valence-electron chi connectivity index (χ2n) is 8.31. The van der Waals surface area contributed by atoms with Crippen LogP contribution in [0.15, 0.2) is 53.6 Å². The lowest BCUT2D eigenvalue weighted by Gasteiger charge is -2.44. The van der Waals surface area contributed by atoms with E-state index in [1.54, 1.807) is 30.5 Å². The molecule has 0 saturated carbocycles. The van der Waals surface area contributed by atoms with Crippen LogP contribution in [0.4, 0.5) is 0 Å². The van der Waals surface area contributed by atoms with Crippen LogP contribution in [0.3, 0.4) is 0 Å². The van der Waals surface area contributed by atoms with Crippen molar-refractivity contribution in [1.82, 2.24) is 14.2 Å². The Morgan fingerprint density at radius 2 is 1.87 bits per heavy atom. The number of carbonyl (C=O) groups excluding carboxylic acids is 1. The normalized spacial score (nSPS) is 21.2. The Kier molecular flexibility index (Phi) is 5.90. The summed E-state index contributed by atoms with van der Waals surface area (Å²) in [6, 6.07) is 12.6. The molecular weight excluding hydrogens is 402 g/mol. The van der Waals surface area contributed by atoms with E-state index in [9.17, 15) is 13.2 Å². The zero-order chi connectivity index (χ0) is 21.2. The summed E-state index contributed by atoms with van der Waals surface area (Å²) in [6.45, 7) is 4.47. The highest BCUT2D eigenvalue weighted by Gasteiger charge is 2.43. The van der Waals surface area contributed by atoms with Crippen LogP contribution in [0.1, 0.15) is 25.5 Å². The summed E-state index contributed by atoms with van der Waals surface area (Å²) in [5.41, 5.74) is 0.702. The Bertz CT molecular complexity index is 1000. The molecule has 160 valence electrons. The number of fused-ring (bicyclic) bond motifs is 1. The fraction of sp³-hybridized carbons (Fsp3) is 0.455. The van der Waals surface area contributed by atoms with E-state index in [4.69, 9.17) is 4.74 Å². The highest BCUT2D eigenvalue weighted by atomic mass is 32.2. The van der Waals surface area contributed by atoms with Gasteiger partial charge in [0, 0.05) is 24.7 Å². The van der Waals surface area contributed by atoms with Crippen molar-refractivity contribution in [3.8, 4) is 5.75 Å². The molecule has 8 heteroatoms. The maximum Gasteiger partial charge on any atom is 0.247 e. The lowest BCUT2D eigenvalue weighted by molar-refractivity contribution is -0.117. The molecule has 0 radical (unpaired) electrons. The van der Waals surface area contributed by atoms with Gasteiger partial charge >= 0.3 is 0 Å². The number of likely N-dealkylation sites (tertiary alicyclic amines) is 1. The molecule has 7 nitrogen and oxygen atoms in total. The molecule has 0 unspecified atom stereocenters. The first kappa shape index (κ1) is 21.0. The summed E-state index contributed by atoms with van der Waals surface area (Å²) >= 11 is 0. The number of ether oxygens (including phenoxy) is 1. The van der Waals surface area contributed by atoms with Gasteiger partial charge in [-0.1, -0.05) is 18.2 Å². The van der Waals surface area contributed by atoms with Crippen molar-refractivity contribution in [1.29, 1.82) is 0 Å². The number of Topliss-reactive ketones (excluding diaryl/α,β-unsaturated/α-hetero) is 1. The van der Waals surface area contributed by atoms with Gasteiger partial charge in [-0.3, -0.25) is 14.7 Å². The van der Waals surface area contributed by atoms with E-state index in [1.165, 1.54) is 11.2 Å². The molecule has 1 saturated heterocycles. The zero-order valence-electron chi connectivity index (χ0n) is 17.2. The third-order valence-corrected chi connectivity index (χ3v) is 7.77. The van der Waals surface area contributed by atoms with Crippen LogP contribution in [0.2, 0.25) is 0 Å². The van der Waals surface area contributed by atoms with Crippen LogP contribution in [-0.4, -0.2) is 61.2 Å². The largest absolute Gasteiger partial charge is 0.492 e. The van der Waals surface area contributed by atoms with E-state index in [0.29, 0.717) is 18.9 Å². The Hall–Kier alpha value is -2.29. The Morgan fingerprint density at radius 3 is 2.57 bits per heavy atom. The molecule has 0 bridgehead atoms. The molecule has 1 aromatic heterocycles. The van der Waals surface area contributed by atoms with E-state index >= 15 is 0 Å². The number of sulfonamides is 1. The zero-order valence-corrected chi connectivity index (χ0v) is 18.0. The first-order valence-corrected chi connectivity index (χ1v) is 11.7. The van der Waals surface area contributed by atoms with Crippen molar-refractivity contribution in [2.75, 3.05) is 32.8 Å². The van der Waals surface area contributed by atoms with Gasteiger partial charge in [0.25, 0.3) is 0 Å². The summed E-state index contributed by atoms with van der Waals surface area (Å²) in [5.74, 6) is 0.196. The highest BCUT2D eigenvalue weighted by Crippen LogP contribution is 2.39. The third-order valence-electron chi connectivity index (χ3n) is 5.94. The number of hydrogen-bond donors (Lipinski definition) is 0. The fourth-order valence-corrected chi connectivity index (χ4v) is 5.96. The monoisotopic (exact) mass is 429 g/mol. The Balaban J connectivity index is 1.57. The van der Waals surface area contributed by atoms with Gasteiger partial charge in [-0.15, -0.1) is 0 Å². The molecule has 2 aliphatic heterocycles.